The summed E-state index contributed by atoms with van der Waals surface area (Å²) in [7, 11) is 0. The molecule has 0 aliphatic heterocycles. The molecule has 0 saturated carbocycles. The molecule has 2 rings (SSSR count). The maximum Gasteiger partial charge on any atom is 0.193 e. The summed E-state index contributed by atoms with van der Waals surface area (Å²) >= 11 is 0. The maximum atomic E-state index is 5.85. The summed E-state index contributed by atoms with van der Waals surface area (Å²) in [5, 5.41) is 3.08. The van der Waals surface area contributed by atoms with Crippen LogP contribution in [0.1, 0.15) is 24.7 Å². The van der Waals surface area contributed by atoms with Crippen molar-refractivity contribution in [1.82, 2.24) is 0 Å². The Hall–Kier alpha value is -2.27. The van der Waals surface area contributed by atoms with E-state index >= 15 is 0 Å². The van der Waals surface area contributed by atoms with Crippen LogP contribution in [0.2, 0.25) is 0 Å². The Morgan fingerprint density at radius 2 is 2.09 bits per heavy atom. The molecular formula is C17H23N3O2. The van der Waals surface area contributed by atoms with E-state index in [1.54, 1.807) is 6.26 Å². The molecule has 0 aliphatic rings. The summed E-state index contributed by atoms with van der Waals surface area (Å²) in [6.45, 7) is 3.88. The van der Waals surface area contributed by atoms with Crippen molar-refractivity contribution in [2.24, 2.45) is 10.7 Å². The summed E-state index contributed by atoms with van der Waals surface area (Å²) in [6.07, 6.45) is 3.49. The first-order chi connectivity index (χ1) is 10.8. The summed E-state index contributed by atoms with van der Waals surface area (Å²) < 4.78 is 10.7. The zero-order chi connectivity index (χ0) is 15.6. The largest absolute Gasteiger partial charge is 0.467 e. The summed E-state index contributed by atoms with van der Waals surface area (Å²) in [5.41, 5.74) is 8.10. The summed E-state index contributed by atoms with van der Waals surface area (Å²) in [6, 6.07) is 11.9. The molecule has 2 aromatic rings. The zero-order valence-electron chi connectivity index (χ0n) is 12.9. The number of nitrogens with one attached hydrogen (secondary N) is 1. The molecule has 0 spiro atoms. The minimum absolute atomic E-state index is 0.426. The van der Waals surface area contributed by atoms with Crippen LogP contribution in [0.4, 0.5) is 5.69 Å². The highest BCUT2D eigenvalue weighted by Gasteiger charge is 1.97. The molecule has 0 amide bonds. The van der Waals surface area contributed by atoms with Crippen molar-refractivity contribution >= 4 is 11.6 Å². The van der Waals surface area contributed by atoms with Gasteiger partial charge in [-0.2, -0.15) is 0 Å². The Bertz CT molecular complexity index is 562. The van der Waals surface area contributed by atoms with Crippen LogP contribution in [-0.4, -0.2) is 19.1 Å². The van der Waals surface area contributed by atoms with E-state index in [9.17, 15) is 0 Å². The standard InChI is InChI=1S/C17H23N3O2/c1-2-14-6-8-15(9-7-14)20-17(18)19-10-4-11-21-13-16-5-3-12-22-16/h3,5-9,12H,2,4,10-11,13H2,1H3,(H3,18,19,20). The molecule has 22 heavy (non-hydrogen) atoms. The number of benzene rings is 1. The molecule has 5 heteroatoms. The molecule has 0 unspecified atom stereocenters. The quantitative estimate of drug-likeness (QED) is 0.446. The maximum absolute atomic E-state index is 5.85. The van der Waals surface area contributed by atoms with Crippen LogP contribution >= 0.6 is 0 Å². The lowest BCUT2D eigenvalue weighted by atomic mass is 10.1. The van der Waals surface area contributed by atoms with Crippen LogP contribution in [0.3, 0.4) is 0 Å². The van der Waals surface area contributed by atoms with Gasteiger partial charge in [-0.1, -0.05) is 19.1 Å². The number of anilines is 1. The molecule has 0 bridgehead atoms. The molecule has 1 heterocycles. The van der Waals surface area contributed by atoms with E-state index in [1.807, 2.05) is 24.3 Å². The third-order valence-corrected chi connectivity index (χ3v) is 3.19. The van der Waals surface area contributed by atoms with E-state index in [0.717, 1.165) is 24.3 Å². The van der Waals surface area contributed by atoms with Crippen LogP contribution in [0, 0.1) is 0 Å². The lowest BCUT2D eigenvalue weighted by Gasteiger charge is -2.06. The predicted molar refractivity (Wildman–Crippen MR) is 88.9 cm³/mol. The molecule has 0 fully saturated rings. The highest BCUT2D eigenvalue weighted by molar-refractivity contribution is 5.92. The van der Waals surface area contributed by atoms with E-state index in [2.05, 4.69) is 29.4 Å². The molecule has 0 atom stereocenters. The summed E-state index contributed by atoms with van der Waals surface area (Å²) in [5.74, 6) is 1.26. The Morgan fingerprint density at radius 1 is 1.27 bits per heavy atom. The van der Waals surface area contributed by atoms with Crippen LogP contribution < -0.4 is 11.1 Å². The van der Waals surface area contributed by atoms with Crippen molar-refractivity contribution in [3.8, 4) is 0 Å². The van der Waals surface area contributed by atoms with Crippen molar-refractivity contribution < 1.29 is 9.15 Å². The van der Waals surface area contributed by atoms with Crippen LogP contribution in [0.15, 0.2) is 52.1 Å². The van der Waals surface area contributed by atoms with Gasteiger partial charge in [0.25, 0.3) is 0 Å². The molecule has 3 N–H and O–H groups in total. The number of hydrogen-bond donors (Lipinski definition) is 2. The number of guanidine groups is 1. The van der Waals surface area contributed by atoms with Gasteiger partial charge in [-0.3, -0.25) is 4.99 Å². The molecular weight excluding hydrogens is 278 g/mol. The van der Waals surface area contributed by atoms with E-state index in [-0.39, 0.29) is 0 Å². The van der Waals surface area contributed by atoms with Gasteiger partial charge in [0.2, 0.25) is 0 Å². The smallest absolute Gasteiger partial charge is 0.193 e. The molecule has 1 aromatic heterocycles. The van der Waals surface area contributed by atoms with Gasteiger partial charge >= 0.3 is 0 Å². The van der Waals surface area contributed by atoms with Gasteiger partial charge in [-0.15, -0.1) is 0 Å². The Balaban J connectivity index is 1.62. The SMILES string of the molecule is CCc1ccc(NC(N)=NCCCOCc2ccco2)cc1. The molecule has 0 radical (unpaired) electrons. The van der Waals surface area contributed by atoms with Gasteiger partial charge in [0.1, 0.15) is 12.4 Å². The fourth-order valence-electron chi connectivity index (χ4n) is 1.94. The van der Waals surface area contributed by atoms with Crippen molar-refractivity contribution in [2.45, 2.75) is 26.4 Å². The number of aryl methyl sites for hydroxylation is 1. The second kappa shape index (κ2) is 8.89. The normalized spacial score (nSPS) is 11.6. The van der Waals surface area contributed by atoms with Crippen LogP contribution in [0.25, 0.3) is 0 Å². The average Bonchev–Trinajstić information content (AvgIpc) is 3.05. The minimum Gasteiger partial charge on any atom is -0.467 e. The summed E-state index contributed by atoms with van der Waals surface area (Å²) in [4.78, 5) is 4.28. The Kier molecular flexibility index (Phi) is 6.51. The highest BCUT2D eigenvalue weighted by atomic mass is 16.5. The number of rotatable bonds is 8. The number of furan rings is 1. The number of hydrogen-bond acceptors (Lipinski definition) is 3. The lowest BCUT2D eigenvalue weighted by molar-refractivity contribution is 0.105. The minimum atomic E-state index is 0.426. The Labute approximate surface area is 131 Å². The highest BCUT2D eigenvalue weighted by Crippen LogP contribution is 2.09. The van der Waals surface area contributed by atoms with Crippen molar-refractivity contribution in [2.75, 3.05) is 18.5 Å². The molecule has 5 nitrogen and oxygen atoms in total. The van der Waals surface area contributed by atoms with Crippen molar-refractivity contribution in [1.29, 1.82) is 0 Å². The van der Waals surface area contributed by atoms with Gasteiger partial charge in [-0.05, 0) is 42.7 Å². The number of nitrogens with two attached hydrogens (primary N) is 1. The lowest BCUT2D eigenvalue weighted by Crippen LogP contribution is -2.23. The number of nitrogens with zero attached hydrogens (tertiary/aromatic N) is 1. The van der Waals surface area contributed by atoms with E-state index in [0.29, 0.717) is 25.7 Å². The second-order valence-electron chi connectivity index (χ2n) is 4.93. The van der Waals surface area contributed by atoms with Gasteiger partial charge < -0.3 is 20.2 Å². The first-order valence-electron chi connectivity index (χ1n) is 7.54. The fraction of sp³-hybridized carbons (Fsp3) is 0.353. The van der Waals surface area contributed by atoms with Gasteiger partial charge in [0.15, 0.2) is 5.96 Å². The van der Waals surface area contributed by atoms with Gasteiger partial charge in [0.05, 0.1) is 6.26 Å². The van der Waals surface area contributed by atoms with Crippen LogP contribution in [-0.2, 0) is 17.8 Å². The predicted octanol–water partition coefficient (Wildman–Crippen LogP) is 3.18. The van der Waals surface area contributed by atoms with Crippen molar-refractivity contribution in [3.05, 3.63) is 54.0 Å². The number of aliphatic imine (C=N–C) groups is 1. The van der Waals surface area contributed by atoms with Gasteiger partial charge in [-0.25, -0.2) is 0 Å². The first kappa shape index (κ1) is 16.1. The topological polar surface area (TPSA) is 72.8 Å². The van der Waals surface area contributed by atoms with E-state index in [4.69, 9.17) is 14.9 Å². The number of ether oxygens (including phenoxy) is 1. The fourth-order valence-corrected chi connectivity index (χ4v) is 1.94. The molecule has 0 saturated heterocycles. The second-order valence-corrected chi connectivity index (χ2v) is 4.93. The third-order valence-electron chi connectivity index (χ3n) is 3.19. The molecule has 118 valence electrons. The van der Waals surface area contributed by atoms with Crippen LogP contribution in [0.5, 0.6) is 0 Å². The molecule has 0 aliphatic carbocycles. The Morgan fingerprint density at radius 3 is 2.77 bits per heavy atom. The zero-order valence-corrected chi connectivity index (χ0v) is 12.9. The van der Waals surface area contributed by atoms with Gasteiger partial charge in [0, 0.05) is 18.8 Å². The third kappa shape index (κ3) is 5.61. The molecule has 1 aromatic carbocycles. The van der Waals surface area contributed by atoms with Crippen molar-refractivity contribution in [3.63, 3.8) is 0 Å². The van der Waals surface area contributed by atoms with E-state index < -0.39 is 0 Å². The first-order valence-corrected chi connectivity index (χ1v) is 7.54. The average molecular weight is 301 g/mol. The monoisotopic (exact) mass is 301 g/mol. The van der Waals surface area contributed by atoms with E-state index in [1.165, 1.54) is 5.56 Å².